The fraction of sp³-hybridized carbons (Fsp3) is 0.565. The van der Waals surface area contributed by atoms with Gasteiger partial charge in [-0.15, -0.1) is 0 Å². The van der Waals surface area contributed by atoms with Crippen molar-refractivity contribution in [3.8, 4) is 5.75 Å². The van der Waals surface area contributed by atoms with Crippen LogP contribution in [0.2, 0.25) is 0 Å². The number of hydrogen-bond acceptors (Lipinski definition) is 4. The van der Waals surface area contributed by atoms with Crippen LogP contribution in [-0.2, 0) is 14.3 Å². The third-order valence-electron chi connectivity index (χ3n) is 6.97. The molecule has 0 unspecified atom stereocenters. The Morgan fingerprint density at radius 1 is 1.11 bits per heavy atom. The van der Waals surface area contributed by atoms with Crippen molar-refractivity contribution in [1.29, 1.82) is 0 Å². The van der Waals surface area contributed by atoms with E-state index in [1.807, 2.05) is 24.3 Å². The summed E-state index contributed by atoms with van der Waals surface area (Å²) in [5.41, 5.74) is 1.22. The van der Waals surface area contributed by atoms with E-state index in [4.69, 9.17) is 9.47 Å². The smallest absolute Gasteiger partial charge is 0.338 e. The van der Waals surface area contributed by atoms with Gasteiger partial charge in [-0.3, -0.25) is 4.79 Å². The number of ether oxygens (including phenoxy) is 2. The zero-order valence-corrected chi connectivity index (χ0v) is 16.3. The lowest BCUT2D eigenvalue weighted by Crippen LogP contribution is -2.61. The van der Waals surface area contributed by atoms with Crippen LogP contribution in [0.1, 0.15) is 51.0 Å². The number of fused-ring (bicyclic) bond motifs is 1. The summed E-state index contributed by atoms with van der Waals surface area (Å²) in [6.07, 6.45) is 8.22. The fourth-order valence-corrected chi connectivity index (χ4v) is 6.15. The largest absolute Gasteiger partial charge is 0.488 e. The number of carbonyl (C=O) groups is 2. The first-order chi connectivity index (χ1) is 13.5. The molecule has 1 amide bonds. The molecule has 0 spiro atoms. The number of nitrogens with one attached hydrogen (secondary N) is 1. The summed E-state index contributed by atoms with van der Waals surface area (Å²) in [5.74, 6) is 2.37. The van der Waals surface area contributed by atoms with Gasteiger partial charge >= 0.3 is 5.97 Å². The Balaban J connectivity index is 1.22. The van der Waals surface area contributed by atoms with Gasteiger partial charge in [-0.25, -0.2) is 4.79 Å². The van der Waals surface area contributed by atoms with E-state index < -0.39 is 12.1 Å². The van der Waals surface area contributed by atoms with E-state index in [1.165, 1.54) is 19.3 Å². The normalized spacial score (nSPS) is 33.3. The van der Waals surface area contributed by atoms with Gasteiger partial charge in [0, 0.05) is 11.1 Å². The molecule has 5 heteroatoms. The number of carbonyl (C=O) groups excluding carboxylic acids is 2. The molecule has 1 aromatic rings. The number of benzene rings is 1. The first kappa shape index (κ1) is 17.8. The SMILES string of the molecule is C[C@H](OC(=O)C1=Cc2ccccc2OC1)C(=O)NC12CC3CC(CC(C3)C1)C2. The van der Waals surface area contributed by atoms with Crippen molar-refractivity contribution < 1.29 is 19.1 Å². The number of amides is 1. The maximum atomic E-state index is 12.8. The lowest BCUT2D eigenvalue weighted by molar-refractivity contribution is -0.153. The highest BCUT2D eigenvalue weighted by Crippen LogP contribution is 2.55. The Morgan fingerprint density at radius 2 is 1.75 bits per heavy atom. The third kappa shape index (κ3) is 3.21. The molecule has 28 heavy (non-hydrogen) atoms. The topological polar surface area (TPSA) is 64.6 Å². The Morgan fingerprint density at radius 3 is 2.43 bits per heavy atom. The molecule has 5 aliphatic rings. The highest BCUT2D eigenvalue weighted by atomic mass is 16.6. The molecule has 0 radical (unpaired) electrons. The van der Waals surface area contributed by atoms with E-state index in [9.17, 15) is 9.59 Å². The molecule has 1 atom stereocenters. The van der Waals surface area contributed by atoms with Crippen LogP contribution < -0.4 is 10.1 Å². The van der Waals surface area contributed by atoms with E-state index in [-0.39, 0.29) is 18.1 Å². The molecule has 1 aliphatic heterocycles. The molecule has 0 aromatic heterocycles. The van der Waals surface area contributed by atoms with Crippen LogP contribution in [0, 0.1) is 17.8 Å². The molecule has 0 saturated heterocycles. The minimum absolute atomic E-state index is 0.0708. The summed E-state index contributed by atoms with van der Waals surface area (Å²) in [4.78, 5) is 25.3. The van der Waals surface area contributed by atoms with E-state index >= 15 is 0 Å². The van der Waals surface area contributed by atoms with Crippen molar-refractivity contribution >= 4 is 18.0 Å². The van der Waals surface area contributed by atoms with Gasteiger partial charge in [0.05, 0.1) is 5.57 Å². The van der Waals surface area contributed by atoms with Gasteiger partial charge in [-0.2, -0.15) is 0 Å². The van der Waals surface area contributed by atoms with Gasteiger partial charge < -0.3 is 14.8 Å². The van der Waals surface area contributed by atoms with Crippen molar-refractivity contribution in [2.24, 2.45) is 17.8 Å². The minimum atomic E-state index is -0.807. The summed E-state index contributed by atoms with van der Waals surface area (Å²) in [5, 5.41) is 3.28. The van der Waals surface area contributed by atoms with Crippen LogP contribution in [0.25, 0.3) is 6.08 Å². The van der Waals surface area contributed by atoms with Crippen LogP contribution in [0.4, 0.5) is 0 Å². The van der Waals surface area contributed by atoms with Gasteiger partial charge in [0.2, 0.25) is 0 Å². The molecule has 4 bridgehead atoms. The number of hydrogen-bond donors (Lipinski definition) is 1. The summed E-state index contributed by atoms with van der Waals surface area (Å²) in [6.45, 7) is 1.82. The molecular weight excluding hydrogens is 354 g/mol. The van der Waals surface area contributed by atoms with Crippen molar-refractivity contribution in [2.45, 2.75) is 57.1 Å². The number of rotatable bonds is 4. The van der Waals surface area contributed by atoms with Crippen LogP contribution in [0.3, 0.4) is 0 Å². The first-order valence-electron chi connectivity index (χ1n) is 10.5. The molecule has 1 aromatic carbocycles. The van der Waals surface area contributed by atoms with Crippen LogP contribution in [0.5, 0.6) is 5.75 Å². The predicted molar refractivity (Wildman–Crippen MR) is 105 cm³/mol. The molecule has 148 valence electrons. The van der Waals surface area contributed by atoms with Gasteiger partial charge in [0.25, 0.3) is 5.91 Å². The van der Waals surface area contributed by atoms with Gasteiger partial charge in [-0.1, -0.05) is 18.2 Å². The fourth-order valence-electron chi connectivity index (χ4n) is 6.15. The van der Waals surface area contributed by atoms with E-state index in [0.29, 0.717) is 5.57 Å². The zero-order chi connectivity index (χ0) is 19.3. The quantitative estimate of drug-likeness (QED) is 0.811. The second-order valence-electron chi connectivity index (χ2n) is 9.23. The van der Waals surface area contributed by atoms with Crippen molar-refractivity contribution in [1.82, 2.24) is 5.32 Å². The van der Waals surface area contributed by atoms with Crippen molar-refractivity contribution in [2.75, 3.05) is 6.61 Å². The summed E-state index contributed by atoms with van der Waals surface area (Å²) >= 11 is 0. The zero-order valence-electron chi connectivity index (χ0n) is 16.3. The predicted octanol–water partition coefficient (Wildman–Crippen LogP) is 3.48. The van der Waals surface area contributed by atoms with E-state index in [2.05, 4.69) is 5.32 Å². The monoisotopic (exact) mass is 381 g/mol. The van der Waals surface area contributed by atoms with Crippen LogP contribution in [-0.4, -0.2) is 30.1 Å². The molecule has 1 heterocycles. The van der Waals surface area contributed by atoms with E-state index in [0.717, 1.165) is 48.3 Å². The number of esters is 1. The highest BCUT2D eigenvalue weighted by molar-refractivity contribution is 5.96. The molecule has 1 N–H and O–H groups in total. The summed E-state index contributed by atoms with van der Waals surface area (Å²) in [6, 6.07) is 7.56. The summed E-state index contributed by atoms with van der Waals surface area (Å²) < 4.78 is 11.1. The lowest BCUT2D eigenvalue weighted by Gasteiger charge is -2.57. The minimum Gasteiger partial charge on any atom is -0.488 e. The van der Waals surface area contributed by atoms with Crippen LogP contribution >= 0.6 is 0 Å². The molecule has 4 fully saturated rings. The number of para-hydroxylation sites is 1. The summed E-state index contributed by atoms with van der Waals surface area (Å²) in [7, 11) is 0. The Kier molecular flexibility index (Phi) is 4.22. The second kappa shape index (κ2) is 6.64. The van der Waals surface area contributed by atoms with Gasteiger partial charge in [0.1, 0.15) is 12.4 Å². The van der Waals surface area contributed by atoms with Crippen molar-refractivity contribution in [3.05, 3.63) is 35.4 Å². The van der Waals surface area contributed by atoms with Gasteiger partial charge in [0.15, 0.2) is 6.10 Å². The first-order valence-corrected chi connectivity index (χ1v) is 10.5. The van der Waals surface area contributed by atoms with E-state index in [1.54, 1.807) is 13.0 Å². The average Bonchev–Trinajstić information content (AvgIpc) is 2.66. The van der Waals surface area contributed by atoms with Gasteiger partial charge in [-0.05, 0) is 75.3 Å². The molecule has 5 nitrogen and oxygen atoms in total. The lowest BCUT2D eigenvalue weighted by atomic mass is 9.53. The van der Waals surface area contributed by atoms with Crippen molar-refractivity contribution in [3.63, 3.8) is 0 Å². The Bertz CT molecular complexity index is 807. The Labute approximate surface area is 165 Å². The molecular formula is C23H27NO4. The highest BCUT2D eigenvalue weighted by Gasteiger charge is 2.51. The van der Waals surface area contributed by atoms with Crippen LogP contribution in [0.15, 0.2) is 29.8 Å². The Hall–Kier alpha value is -2.30. The average molecular weight is 381 g/mol. The second-order valence-corrected chi connectivity index (χ2v) is 9.23. The standard InChI is InChI=1S/C23H27NO4/c1-14(28-22(26)19-9-18-4-2-3-5-20(18)27-13-19)21(25)24-23-10-15-6-16(11-23)8-17(7-15)12-23/h2-5,9,14-17H,6-8,10-13H2,1H3,(H,24,25)/t14-,15?,16?,17?,23?/m0/s1. The molecule has 6 rings (SSSR count). The molecule has 4 aliphatic carbocycles. The maximum Gasteiger partial charge on any atom is 0.338 e. The third-order valence-corrected chi connectivity index (χ3v) is 6.97. The molecule has 4 saturated carbocycles. The maximum absolute atomic E-state index is 12.8.